The van der Waals surface area contributed by atoms with Crippen molar-refractivity contribution in [1.29, 1.82) is 0 Å². The van der Waals surface area contributed by atoms with Gasteiger partial charge in [-0.1, -0.05) is 52.3 Å². The lowest BCUT2D eigenvalue weighted by Crippen LogP contribution is -2.65. The number of fused-ring (bicyclic) bond motifs is 6. The van der Waals surface area contributed by atoms with E-state index in [-0.39, 0.29) is 53.3 Å². The largest absolute Gasteiger partial charge is 0.396 e. The number of hydrogen-bond donors (Lipinski definition) is 5. The second-order valence-corrected chi connectivity index (χ2v) is 14.8. The van der Waals surface area contributed by atoms with Crippen molar-refractivity contribution >= 4 is 0 Å². The maximum Gasteiger partial charge on any atom is 0.0664 e. The van der Waals surface area contributed by atoms with Crippen molar-refractivity contribution in [3.63, 3.8) is 0 Å². The van der Waals surface area contributed by atoms with Crippen molar-refractivity contribution in [2.75, 3.05) is 19.8 Å². The molecule has 36 heavy (non-hydrogen) atoms. The van der Waals surface area contributed by atoms with Gasteiger partial charge in [-0.05, 0) is 91.4 Å². The molecule has 0 radical (unpaired) electrons. The van der Waals surface area contributed by atoms with Crippen LogP contribution in [-0.4, -0.2) is 57.6 Å². The first-order valence-electron chi connectivity index (χ1n) is 14.4. The van der Waals surface area contributed by atoms with Crippen molar-refractivity contribution in [1.82, 2.24) is 0 Å². The Morgan fingerprint density at radius 2 is 1.58 bits per heavy atom. The summed E-state index contributed by atoms with van der Waals surface area (Å²) < 4.78 is 0. The minimum absolute atomic E-state index is 0.00924. The summed E-state index contributed by atoms with van der Waals surface area (Å²) in [5.74, 6) is 0.532. The molecule has 0 heterocycles. The van der Waals surface area contributed by atoms with Crippen molar-refractivity contribution in [3.8, 4) is 0 Å². The molecule has 0 spiro atoms. The summed E-state index contributed by atoms with van der Waals surface area (Å²) >= 11 is 0. The molecule has 204 valence electrons. The molecule has 0 aromatic carbocycles. The van der Waals surface area contributed by atoms with Crippen LogP contribution in [0.2, 0.25) is 0 Å². The number of hydrogen-bond acceptors (Lipinski definition) is 5. The van der Waals surface area contributed by atoms with Crippen LogP contribution in [0.15, 0.2) is 23.3 Å². The van der Waals surface area contributed by atoms with Crippen LogP contribution >= 0.6 is 0 Å². The molecule has 5 nitrogen and oxygen atoms in total. The Bertz CT molecular complexity index is 959. The summed E-state index contributed by atoms with van der Waals surface area (Å²) in [6.07, 6.45) is 11.2. The van der Waals surface area contributed by atoms with E-state index in [9.17, 15) is 25.5 Å². The summed E-state index contributed by atoms with van der Waals surface area (Å²) in [5, 5.41) is 53.6. The number of aliphatic hydroxyl groups is 5. The van der Waals surface area contributed by atoms with Crippen LogP contribution in [0.5, 0.6) is 0 Å². The molecule has 5 N–H and O–H groups in total. The zero-order chi connectivity index (χ0) is 26.4. The fraction of sp³-hybridized carbons (Fsp3) is 0.871. The summed E-state index contributed by atoms with van der Waals surface area (Å²) in [7, 11) is 0. The Kier molecular flexibility index (Phi) is 6.26. The Morgan fingerprint density at radius 1 is 0.861 bits per heavy atom. The predicted molar refractivity (Wildman–Crippen MR) is 141 cm³/mol. The quantitative estimate of drug-likeness (QED) is 0.393. The topological polar surface area (TPSA) is 101 Å². The van der Waals surface area contributed by atoms with Crippen LogP contribution in [0.1, 0.15) is 92.4 Å². The van der Waals surface area contributed by atoms with Crippen LogP contribution in [-0.2, 0) is 0 Å². The molecule has 0 bridgehead atoms. The molecular formula is C31H50O5. The van der Waals surface area contributed by atoms with Gasteiger partial charge in [0.15, 0.2) is 0 Å². The number of rotatable bonds is 4. The molecule has 3 fully saturated rings. The molecule has 0 saturated heterocycles. The number of allylic oxidation sites excluding steroid dienone is 3. The normalized spacial score (nSPS) is 54.4. The fourth-order valence-electron chi connectivity index (χ4n) is 10.5. The molecule has 3 unspecified atom stereocenters. The first kappa shape index (κ1) is 26.9. The Morgan fingerprint density at radius 3 is 2.22 bits per heavy atom. The molecule has 0 amide bonds. The highest BCUT2D eigenvalue weighted by Gasteiger charge is 2.68. The summed E-state index contributed by atoms with van der Waals surface area (Å²) in [6, 6.07) is 0. The minimum atomic E-state index is -0.588. The lowest BCUT2D eigenvalue weighted by molar-refractivity contribution is -0.203. The first-order chi connectivity index (χ1) is 16.8. The summed E-state index contributed by atoms with van der Waals surface area (Å²) in [4.78, 5) is 0. The van der Waals surface area contributed by atoms with Gasteiger partial charge in [0.05, 0.1) is 25.4 Å². The number of aliphatic hydroxyl groups excluding tert-OH is 5. The van der Waals surface area contributed by atoms with Crippen LogP contribution < -0.4 is 0 Å². The molecule has 0 aromatic heterocycles. The smallest absolute Gasteiger partial charge is 0.0664 e. The van der Waals surface area contributed by atoms with Crippen LogP contribution in [0.25, 0.3) is 0 Å². The van der Waals surface area contributed by atoms with Crippen molar-refractivity contribution in [2.45, 2.75) is 105 Å². The highest BCUT2D eigenvalue weighted by atomic mass is 16.3. The van der Waals surface area contributed by atoms with E-state index in [0.717, 1.165) is 44.9 Å². The molecule has 0 aromatic rings. The second kappa shape index (κ2) is 8.39. The SMILES string of the molecule is C[C@@]1(CCO)CCC2(CO)C(=C3C=CC4[C@@]5(C)CC[C@H](O)[C@@](C)(CO)C5CC[C@@]4(C)[C@]3(C)C[C@@H]2O)C1. The van der Waals surface area contributed by atoms with Gasteiger partial charge in [-0.3, -0.25) is 0 Å². The molecule has 10 atom stereocenters. The maximum absolute atomic E-state index is 11.8. The van der Waals surface area contributed by atoms with Gasteiger partial charge in [0.25, 0.3) is 0 Å². The lowest BCUT2D eigenvalue weighted by Gasteiger charge is -2.70. The maximum atomic E-state index is 11.8. The molecule has 5 rings (SSSR count). The lowest BCUT2D eigenvalue weighted by atomic mass is 9.35. The highest BCUT2D eigenvalue weighted by molar-refractivity contribution is 5.47. The standard InChI is InChI=1S/C31H50O5/c1-26(14-15-32)12-13-31(19-34)21(16-26)20-6-7-23-27(2)10-9-24(35)28(3,18-33)22(27)8-11-29(23,4)30(20,5)17-25(31)36/h6-7,22-25,32-36H,8-19H2,1-5H3/t22?,23?,24-,25-,26-,27-,28-,29+,30+,31?/m0/s1. The Balaban J connectivity index is 1.66. The zero-order valence-corrected chi connectivity index (χ0v) is 23.2. The predicted octanol–water partition coefficient (Wildman–Crippen LogP) is 4.37. The van der Waals surface area contributed by atoms with E-state index in [4.69, 9.17) is 0 Å². The third kappa shape index (κ3) is 3.19. The summed E-state index contributed by atoms with van der Waals surface area (Å²) in [6.45, 7) is 11.7. The first-order valence-corrected chi connectivity index (χ1v) is 14.4. The van der Waals surface area contributed by atoms with E-state index < -0.39 is 23.0 Å². The third-order valence-electron chi connectivity index (χ3n) is 13.3. The average molecular weight is 503 g/mol. The van der Waals surface area contributed by atoms with Crippen molar-refractivity contribution < 1.29 is 25.5 Å². The molecule has 0 aliphatic heterocycles. The molecular weight excluding hydrogens is 452 g/mol. The molecule has 5 heteroatoms. The van der Waals surface area contributed by atoms with Gasteiger partial charge in [-0.2, -0.15) is 0 Å². The molecule has 3 saturated carbocycles. The third-order valence-corrected chi connectivity index (χ3v) is 13.3. The Labute approximate surface area is 217 Å². The highest BCUT2D eigenvalue weighted by Crippen LogP contribution is 2.74. The molecule has 5 aliphatic rings. The van der Waals surface area contributed by atoms with Gasteiger partial charge < -0.3 is 25.5 Å². The second-order valence-electron chi connectivity index (χ2n) is 14.8. The minimum Gasteiger partial charge on any atom is -0.396 e. The zero-order valence-electron chi connectivity index (χ0n) is 23.2. The van der Waals surface area contributed by atoms with Gasteiger partial charge in [0.1, 0.15) is 0 Å². The van der Waals surface area contributed by atoms with E-state index in [2.05, 4.69) is 46.8 Å². The van der Waals surface area contributed by atoms with E-state index in [1.54, 1.807) is 0 Å². The van der Waals surface area contributed by atoms with Gasteiger partial charge in [0, 0.05) is 22.9 Å². The van der Waals surface area contributed by atoms with Gasteiger partial charge in [0.2, 0.25) is 0 Å². The van der Waals surface area contributed by atoms with E-state index in [1.807, 2.05) is 0 Å². The summed E-state index contributed by atoms with van der Waals surface area (Å²) in [5.41, 5.74) is 1.14. The van der Waals surface area contributed by atoms with Crippen molar-refractivity contribution in [3.05, 3.63) is 23.3 Å². The van der Waals surface area contributed by atoms with E-state index in [0.29, 0.717) is 12.8 Å². The molecule has 5 aliphatic carbocycles. The van der Waals surface area contributed by atoms with E-state index >= 15 is 0 Å². The van der Waals surface area contributed by atoms with Crippen LogP contribution in [0, 0.1) is 44.3 Å². The fourth-order valence-corrected chi connectivity index (χ4v) is 10.5. The van der Waals surface area contributed by atoms with Crippen LogP contribution in [0.4, 0.5) is 0 Å². The van der Waals surface area contributed by atoms with E-state index in [1.165, 1.54) is 11.1 Å². The average Bonchev–Trinajstić information content (AvgIpc) is 2.82. The van der Waals surface area contributed by atoms with Gasteiger partial charge in [-0.25, -0.2) is 0 Å². The van der Waals surface area contributed by atoms with Gasteiger partial charge in [-0.15, -0.1) is 0 Å². The monoisotopic (exact) mass is 502 g/mol. The van der Waals surface area contributed by atoms with Crippen molar-refractivity contribution in [2.24, 2.45) is 44.3 Å². The van der Waals surface area contributed by atoms with Crippen LogP contribution in [0.3, 0.4) is 0 Å². The van der Waals surface area contributed by atoms with Gasteiger partial charge >= 0.3 is 0 Å². The Hall–Kier alpha value is -0.720.